The van der Waals surface area contributed by atoms with Gasteiger partial charge in [0, 0.05) is 18.2 Å². The van der Waals surface area contributed by atoms with Crippen molar-refractivity contribution in [2.24, 2.45) is 17.8 Å². The average Bonchev–Trinajstić information content (AvgIpc) is 2.73. The summed E-state index contributed by atoms with van der Waals surface area (Å²) in [7, 11) is 0. The number of carboxylic acids is 2. The highest BCUT2D eigenvalue weighted by Gasteiger charge is 2.33. The Kier molecular flexibility index (Phi) is 10.6. The Morgan fingerprint density at radius 1 is 0.750 bits per heavy atom. The van der Waals surface area contributed by atoms with E-state index in [1.807, 2.05) is 0 Å². The van der Waals surface area contributed by atoms with Crippen LogP contribution in [0.3, 0.4) is 0 Å². The predicted octanol–water partition coefficient (Wildman–Crippen LogP) is 5.01. The lowest BCUT2D eigenvalue weighted by atomic mass is 9.67. The molecule has 2 saturated carbocycles. The van der Waals surface area contributed by atoms with Gasteiger partial charge in [0.25, 0.3) is 0 Å². The van der Waals surface area contributed by atoms with Crippen molar-refractivity contribution in [3.8, 4) is 0 Å². The monoisotopic (exact) mass is 393 g/mol. The van der Waals surface area contributed by atoms with Gasteiger partial charge < -0.3 is 15.5 Å². The molecule has 5 heteroatoms. The van der Waals surface area contributed by atoms with Crippen molar-refractivity contribution in [2.75, 3.05) is 6.54 Å². The van der Waals surface area contributed by atoms with Crippen LogP contribution in [0.4, 0.5) is 0 Å². The van der Waals surface area contributed by atoms with Crippen LogP contribution >= 0.6 is 0 Å². The molecule has 1 atom stereocenters. The van der Waals surface area contributed by atoms with Gasteiger partial charge in [0.2, 0.25) is 0 Å². The number of hydrogen-bond acceptors (Lipinski definition) is 3. The van der Waals surface area contributed by atoms with Gasteiger partial charge in [-0.25, -0.2) is 9.59 Å². The first-order valence-electron chi connectivity index (χ1n) is 11.4. The van der Waals surface area contributed by atoms with Crippen molar-refractivity contribution in [2.45, 2.75) is 95.9 Å². The van der Waals surface area contributed by atoms with Gasteiger partial charge in [-0.05, 0) is 43.6 Å². The second-order valence-electron chi connectivity index (χ2n) is 8.85. The summed E-state index contributed by atoms with van der Waals surface area (Å²) in [4.78, 5) is 19.1. The van der Waals surface area contributed by atoms with E-state index < -0.39 is 11.9 Å². The molecule has 1 aliphatic heterocycles. The molecule has 0 bridgehead atoms. The molecule has 3 rings (SSSR count). The molecule has 3 aliphatic rings. The van der Waals surface area contributed by atoms with Crippen LogP contribution in [-0.4, -0.2) is 34.7 Å². The number of aliphatic carboxylic acids is 2. The summed E-state index contributed by atoms with van der Waals surface area (Å²) in [5, 5.41) is 19.5. The number of hydrogen-bond donors (Lipinski definition) is 3. The normalized spacial score (nSPS) is 24.7. The molecule has 5 nitrogen and oxygen atoms in total. The van der Waals surface area contributed by atoms with Crippen molar-refractivity contribution >= 4 is 11.9 Å². The van der Waals surface area contributed by atoms with Crippen LogP contribution < -0.4 is 5.32 Å². The number of carboxylic acid groups (broad SMARTS) is 2. The number of piperidine rings is 1. The van der Waals surface area contributed by atoms with Gasteiger partial charge in [-0.2, -0.15) is 0 Å². The molecule has 160 valence electrons. The van der Waals surface area contributed by atoms with Gasteiger partial charge >= 0.3 is 11.9 Å². The van der Waals surface area contributed by atoms with Gasteiger partial charge in [0.05, 0.1) is 0 Å². The largest absolute Gasteiger partial charge is 0.478 e. The van der Waals surface area contributed by atoms with Crippen LogP contribution in [-0.2, 0) is 9.59 Å². The van der Waals surface area contributed by atoms with Crippen LogP contribution in [0.15, 0.2) is 12.2 Å². The van der Waals surface area contributed by atoms with Gasteiger partial charge in [-0.3, -0.25) is 0 Å². The van der Waals surface area contributed by atoms with Gasteiger partial charge in [-0.15, -0.1) is 0 Å². The molecular weight excluding hydrogens is 354 g/mol. The van der Waals surface area contributed by atoms with Crippen LogP contribution in [0.2, 0.25) is 0 Å². The molecule has 0 aromatic heterocycles. The van der Waals surface area contributed by atoms with E-state index in [1.165, 1.54) is 70.8 Å². The minimum absolute atomic E-state index is 0.558. The first kappa shape index (κ1) is 22.9. The van der Waals surface area contributed by atoms with Gasteiger partial charge in [-0.1, -0.05) is 70.6 Å². The van der Waals surface area contributed by atoms with E-state index in [2.05, 4.69) is 5.32 Å². The minimum Gasteiger partial charge on any atom is -0.478 e. The molecule has 0 amide bonds. The topological polar surface area (TPSA) is 86.6 Å². The second-order valence-corrected chi connectivity index (χ2v) is 8.85. The van der Waals surface area contributed by atoms with Crippen molar-refractivity contribution in [3.05, 3.63) is 12.2 Å². The van der Waals surface area contributed by atoms with Crippen molar-refractivity contribution in [1.29, 1.82) is 0 Å². The molecule has 28 heavy (non-hydrogen) atoms. The Hall–Kier alpha value is -1.36. The first-order chi connectivity index (χ1) is 13.6. The molecule has 0 aromatic rings. The third-order valence-electron chi connectivity index (χ3n) is 6.85. The molecule has 1 heterocycles. The Morgan fingerprint density at radius 2 is 1.21 bits per heavy atom. The second kappa shape index (κ2) is 13.0. The maximum absolute atomic E-state index is 9.55. The molecule has 1 saturated heterocycles. The molecule has 3 fully saturated rings. The van der Waals surface area contributed by atoms with E-state index in [9.17, 15) is 9.59 Å². The fourth-order valence-electron chi connectivity index (χ4n) is 5.49. The standard InChI is InChI=1S/C19H35N.C4H4O4/c1-3-9-16(10-4-1)19(17-11-5-2-6-12-17)15-18-13-7-8-14-20-18;5-3(6)1-2-4(7)8/h16-20H,1-15H2;1-2H,(H,5,6)(H,7,8)/b;2-1+. The Bertz CT molecular complexity index is 453. The summed E-state index contributed by atoms with van der Waals surface area (Å²) in [6.07, 6.45) is 22.3. The smallest absolute Gasteiger partial charge is 0.328 e. The zero-order valence-electron chi connectivity index (χ0n) is 17.3. The lowest BCUT2D eigenvalue weighted by Crippen LogP contribution is -2.39. The quantitative estimate of drug-likeness (QED) is 0.552. The Labute approximate surface area is 170 Å². The molecule has 0 spiro atoms. The molecule has 1 unspecified atom stereocenters. The van der Waals surface area contributed by atoms with E-state index in [0.717, 1.165) is 23.8 Å². The van der Waals surface area contributed by atoms with Crippen LogP contribution in [0.5, 0.6) is 0 Å². The highest BCUT2D eigenvalue weighted by atomic mass is 16.4. The van der Waals surface area contributed by atoms with E-state index in [1.54, 1.807) is 25.7 Å². The van der Waals surface area contributed by atoms with Crippen LogP contribution in [0.25, 0.3) is 0 Å². The third kappa shape index (κ3) is 8.76. The third-order valence-corrected chi connectivity index (χ3v) is 6.85. The summed E-state index contributed by atoms with van der Waals surface area (Å²) in [6.45, 7) is 1.28. The first-order valence-corrected chi connectivity index (χ1v) is 11.4. The zero-order valence-corrected chi connectivity index (χ0v) is 17.3. The number of nitrogens with one attached hydrogen (secondary N) is 1. The Balaban J connectivity index is 0.000000300. The molecule has 3 N–H and O–H groups in total. The lowest BCUT2D eigenvalue weighted by Gasteiger charge is -2.40. The van der Waals surface area contributed by atoms with E-state index in [0.29, 0.717) is 12.2 Å². The van der Waals surface area contributed by atoms with Crippen LogP contribution in [0, 0.1) is 17.8 Å². The summed E-state index contributed by atoms with van der Waals surface area (Å²) in [6, 6.07) is 0.859. The summed E-state index contributed by atoms with van der Waals surface area (Å²) >= 11 is 0. The SMILES string of the molecule is C1CCC(C(CC2CCCCN2)C2CCCCC2)CC1.O=C(O)/C=C/C(=O)O. The molecule has 2 aliphatic carbocycles. The lowest BCUT2D eigenvalue weighted by molar-refractivity contribution is -0.134. The summed E-state index contributed by atoms with van der Waals surface area (Å²) in [5.41, 5.74) is 0. The molecule has 0 radical (unpaired) electrons. The zero-order chi connectivity index (χ0) is 20.2. The van der Waals surface area contributed by atoms with E-state index in [-0.39, 0.29) is 0 Å². The number of carbonyl (C=O) groups is 2. The highest BCUT2D eigenvalue weighted by Crippen LogP contribution is 2.42. The van der Waals surface area contributed by atoms with Crippen molar-refractivity contribution in [1.82, 2.24) is 5.32 Å². The molecule has 0 aromatic carbocycles. The fourth-order valence-corrected chi connectivity index (χ4v) is 5.49. The van der Waals surface area contributed by atoms with Crippen LogP contribution in [0.1, 0.15) is 89.9 Å². The van der Waals surface area contributed by atoms with Gasteiger partial charge in [0.1, 0.15) is 0 Å². The van der Waals surface area contributed by atoms with E-state index in [4.69, 9.17) is 10.2 Å². The maximum Gasteiger partial charge on any atom is 0.328 e. The Morgan fingerprint density at radius 3 is 1.61 bits per heavy atom. The minimum atomic E-state index is -1.26. The molecular formula is C23H39NO4. The van der Waals surface area contributed by atoms with Crippen molar-refractivity contribution < 1.29 is 19.8 Å². The summed E-state index contributed by atoms with van der Waals surface area (Å²) in [5.74, 6) is 0.706. The van der Waals surface area contributed by atoms with Crippen molar-refractivity contribution in [3.63, 3.8) is 0 Å². The number of rotatable bonds is 6. The highest BCUT2D eigenvalue weighted by molar-refractivity contribution is 5.89. The predicted molar refractivity (Wildman–Crippen MR) is 111 cm³/mol. The average molecular weight is 394 g/mol. The fraction of sp³-hybridized carbons (Fsp3) is 0.826. The maximum atomic E-state index is 9.55. The summed E-state index contributed by atoms with van der Waals surface area (Å²) < 4.78 is 0. The van der Waals surface area contributed by atoms with Gasteiger partial charge in [0.15, 0.2) is 0 Å². The van der Waals surface area contributed by atoms with E-state index >= 15 is 0 Å².